The minimum absolute atomic E-state index is 0.136. The largest absolute Gasteiger partial charge is 0.482 e. The third kappa shape index (κ3) is 4.34. The predicted octanol–water partition coefficient (Wildman–Crippen LogP) is 5.25. The molecule has 3 aromatic carbocycles. The highest BCUT2D eigenvalue weighted by Gasteiger charge is 2.12. The number of carbonyl (C=O) groups excluding carboxylic acids is 1. The van der Waals surface area contributed by atoms with Crippen LogP contribution in [0.25, 0.3) is 22.0 Å². The Morgan fingerprint density at radius 3 is 2.47 bits per heavy atom. The number of fused-ring (bicyclic) bond motifs is 1. The van der Waals surface area contributed by atoms with Crippen molar-refractivity contribution in [1.82, 2.24) is 10.2 Å². The standard InChI is InChI=1S/C23H18ClN3O3/c1-29-21(28)14-30-18-11-9-15(10-12-18)22-19-7-2-3-8-20(19)23(27-26-22)25-17-6-4-5-16(24)13-17/h2-13H,14H2,1H3,(H,25,27). The third-order valence-corrected chi connectivity index (χ3v) is 4.72. The fourth-order valence-electron chi connectivity index (χ4n) is 3.02. The van der Waals surface area contributed by atoms with Gasteiger partial charge in [-0.05, 0) is 42.5 Å². The summed E-state index contributed by atoms with van der Waals surface area (Å²) < 4.78 is 9.98. The van der Waals surface area contributed by atoms with Crippen LogP contribution in [0, 0.1) is 0 Å². The molecular weight excluding hydrogens is 402 g/mol. The van der Waals surface area contributed by atoms with Gasteiger partial charge in [0.2, 0.25) is 0 Å². The summed E-state index contributed by atoms with van der Waals surface area (Å²) in [5.74, 6) is 0.786. The summed E-state index contributed by atoms with van der Waals surface area (Å²) >= 11 is 6.08. The lowest BCUT2D eigenvalue weighted by Gasteiger charge is -2.12. The first kappa shape index (κ1) is 19.7. The van der Waals surface area contributed by atoms with E-state index in [0.717, 1.165) is 27.7 Å². The van der Waals surface area contributed by atoms with E-state index in [0.29, 0.717) is 16.6 Å². The van der Waals surface area contributed by atoms with E-state index in [9.17, 15) is 4.79 Å². The van der Waals surface area contributed by atoms with Gasteiger partial charge in [-0.1, -0.05) is 41.9 Å². The fraction of sp³-hybridized carbons (Fsp3) is 0.0870. The number of ether oxygens (including phenoxy) is 2. The van der Waals surface area contributed by atoms with Gasteiger partial charge < -0.3 is 14.8 Å². The molecule has 0 unspecified atom stereocenters. The molecule has 0 atom stereocenters. The molecule has 150 valence electrons. The van der Waals surface area contributed by atoms with Gasteiger partial charge >= 0.3 is 5.97 Å². The van der Waals surface area contributed by atoms with Gasteiger partial charge in [0.05, 0.1) is 7.11 Å². The van der Waals surface area contributed by atoms with Crippen LogP contribution in [0.3, 0.4) is 0 Å². The van der Waals surface area contributed by atoms with E-state index in [-0.39, 0.29) is 6.61 Å². The molecular formula is C23H18ClN3O3. The van der Waals surface area contributed by atoms with Crippen molar-refractivity contribution in [2.24, 2.45) is 0 Å². The second kappa shape index (κ2) is 8.80. The molecule has 0 bridgehead atoms. The number of anilines is 2. The van der Waals surface area contributed by atoms with Crippen LogP contribution in [0.2, 0.25) is 5.02 Å². The lowest BCUT2D eigenvalue weighted by Crippen LogP contribution is -2.12. The zero-order valence-corrected chi connectivity index (χ0v) is 16.9. The molecule has 1 aromatic heterocycles. The van der Waals surface area contributed by atoms with Gasteiger partial charge in [-0.3, -0.25) is 0 Å². The van der Waals surface area contributed by atoms with Crippen LogP contribution in [-0.4, -0.2) is 29.9 Å². The van der Waals surface area contributed by atoms with E-state index in [1.807, 2.05) is 60.7 Å². The Morgan fingerprint density at radius 1 is 0.967 bits per heavy atom. The zero-order valence-electron chi connectivity index (χ0n) is 16.1. The number of benzene rings is 3. The molecule has 4 rings (SSSR count). The molecule has 0 spiro atoms. The Bertz CT molecular complexity index is 1200. The summed E-state index contributed by atoms with van der Waals surface area (Å²) in [6, 6.07) is 22.7. The monoisotopic (exact) mass is 419 g/mol. The smallest absolute Gasteiger partial charge is 0.343 e. The quantitative estimate of drug-likeness (QED) is 0.430. The van der Waals surface area contributed by atoms with Crippen molar-refractivity contribution < 1.29 is 14.3 Å². The SMILES string of the molecule is COC(=O)COc1ccc(-c2nnc(Nc3cccc(Cl)c3)c3ccccc23)cc1. The number of carbonyl (C=O) groups is 1. The minimum atomic E-state index is -0.432. The molecule has 0 aliphatic heterocycles. The molecule has 7 heteroatoms. The van der Waals surface area contributed by atoms with Crippen molar-refractivity contribution in [3.8, 4) is 17.0 Å². The molecule has 1 heterocycles. The highest BCUT2D eigenvalue weighted by molar-refractivity contribution is 6.30. The lowest BCUT2D eigenvalue weighted by atomic mass is 10.0. The summed E-state index contributed by atoms with van der Waals surface area (Å²) in [5, 5.41) is 14.7. The molecule has 6 nitrogen and oxygen atoms in total. The molecule has 0 amide bonds. The van der Waals surface area contributed by atoms with Crippen molar-refractivity contribution >= 4 is 39.8 Å². The van der Waals surface area contributed by atoms with Crippen LogP contribution < -0.4 is 10.1 Å². The predicted molar refractivity (Wildman–Crippen MR) is 117 cm³/mol. The first-order valence-electron chi connectivity index (χ1n) is 9.22. The maximum atomic E-state index is 11.2. The van der Waals surface area contributed by atoms with Gasteiger partial charge in [-0.2, -0.15) is 0 Å². The second-order valence-corrected chi connectivity index (χ2v) is 6.90. The fourth-order valence-corrected chi connectivity index (χ4v) is 3.21. The van der Waals surface area contributed by atoms with Crippen molar-refractivity contribution in [3.05, 3.63) is 77.8 Å². The Morgan fingerprint density at radius 2 is 1.73 bits per heavy atom. The summed E-state index contributed by atoms with van der Waals surface area (Å²) in [7, 11) is 1.32. The Labute approximate surface area is 178 Å². The van der Waals surface area contributed by atoms with Crippen LogP contribution in [0.1, 0.15) is 0 Å². The van der Waals surface area contributed by atoms with Crippen LogP contribution in [0.5, 0.6) is 5.75 Å². The number of hydrogen-bond donors (Lipinski definition) is 1. The van der Waals surface area contributed by atoms with E-state index < -0.39 is 5.97 Å². The van der Waals surface area contributed by atoms with Crippen LogP contribution in [-0.2, 0) is 9.53 Å². The van der Waals surface area contributed by atoms with Crippen LogP contribution in [0.4, 0.5) is 11.5 Å². The highest BCUT2D eigenvalue weighted by atomic mass is 35.5. The lowest BCUT2D eigenvalue weighted by molar-refractivity contribution is -0.142. The zero-order chi connectivity index (χ0) is 20.9. The number of esters is 1. The number of nitrogens with one attached hydrogen (secondary N) is 1. The number of methoxy groups -OCH3 is 1. The molecule has 0 saturated heterocycles. The average molecular weight is 420 g/mol. The summed E-state index contributed by atoms with van der Waals surface area (Å²) in [5.41, 5.74) is 2.47. The molecule has 30 heavy (non-hydrogen) atoms. The topological polar surface area (TPSA) is 73.3 Å². The number of hydrogen-bond acceptors (Lipinski definition) is 6. The van der Waals surface area contributed by atoms with Gasteiger partial charge in [0.25, 0.3) is 0 Å². The van der Waals surface area contributed by atoms with E-state index in [1.54, 1.807) is 12.1 Å². The summed E-state index contributed by atoms with van der Waals surface area (Å²) in [6.45, 7) is -0.136. The maximum absolute atomic E-state index is 11.2. The highest BCUT2D eigenvalue weighted by Crippen LogP contribution is 2.32. The van der Waals surface area contributed by atoms with Gasteiger partial charge in [-0.25, -0.2) is 4.79 Å². The maximum Gasteiger partial charge on any atom is 0.343 e. The van der Waals surface area contributed by atoms with Crippen molar-refractivity contribution in [2.75, 3.05) is 19.0 Å². The Kier molecular flexibility index (Phi) is 5.77. The van der Waals surface area contributed by atoms with Gasteiger partial charge in [0, 0.05) is 27.0 Å². The van der Waals surface area contributed by atoms with Crippen molar-refractivity contribution in [2.45, 2.75) is 0 Å². The normalized spacial score (nSPS) is 10.6. The molecule has 0 radical (unpaired) electrons. The number of aromatic nitrogens is 2. The first-order valence-corrected chi connectivity index (χ1v) is 9.60. The minimum Gasteiger partial charge on any atom is -0.482 e. The van der Waals surface area contributed by atoms with E-state index in [4.69, 9.17) is 16.3 Å². The van der Waals surface area contributed by atoms with Crippen molar-refractivity contribution in [1.29, 1.82) is 0 Å². The molecule has 0 aliphatic rings. The van der Waals surface area contributed by atoms with Gasteiger partial charge in [0.1, 0.15) is 11.4 Å². The third-order valence-electron chi connectivity index (χ3n) is 4.49. The number of rotatable bonds is 6. The summed E-state index contributed by atoms with van der Waals surface area (Å²) in [6.07, 6.45) is 0. The van der Waals surface area contributed by atoms with Crippen LogP contribution in [0.15, 0.2) is 72.8 Å². The van der Waals surface area contributed by atoms with E-state index in [1.165, 1.54) is 7.11 Å². The molecule has 4 aromatic rings. The molecule has 1 N–H and O–H groups in total. The number of halogens is 1. The number of nitrogens with zero attached hydrogens (tertiary/aromatic N) is 2. The Hall–Kier alpha value is -3.64. The van der Waals surface area contributed by atoms with Crippen molar-refractivity contribution in [3.63, 3.8) is 0 Å². The molecule has 0 saturated carbocycles. The van der Waals surface area contributed by atoms with E-state index in [2.05, 4.69) is 20.3 Å². The summed E-state index contributed by atoms with van der Waals surface area (Å²) in [4.78, 5) is 11.2. The second-order valence-electron chi connectivity index (χ2n) is 6.47. The van der Waals surface area contributed by atoms with Gasteiger partial charge in [-0.15, -0.1) is 10.2 Å². The molecule has 0 fully saturated rings. The van der Waals surface area contributed by atoms with Gasteiger partial charge in [0.15, 0.2) is 12.4 Å². The van der Waals surface area contributed by atoms with Crippen LogP contribution >= 0.6 is 11.6 Å². The first-order chi connectivity index (χ1) is 14.6. The Balaban J connectivity index is 1.65. The molecule has 0 aliphatic carbocycles. The average Bonchev–Trinajstić information content (AvgIpc) is 2.78. The van der Waals surface area contributed by atoms with E-state index >= 15 is 0 Å².